The van der Waals surface area contributed by atoms with Gasteiger partial charge in [0.15, 0.2) is 0 Å². The van der Waals surface area contributed by atoms with Crippen LogP contribution in [-0.2, 0) is 23.9 Å². The number of aromatic nitrogens is 4. The fourth-order valence-corrected chi connectivity index (χ4v) is 10.0. The van der Waals surface area contributed by atoms with Gasteiger partial charge in [0.1, 0.15) is 24.2 Å². The van der Waals surface area contributed by atoms with Gasteiger partial charge in [-0.15, -0.1) is 0 Å². The maximum atomic E-state index is 10.6. The fraction of sp³-hybridized carbons (Fsp3) is 0.500. The molecule has 2 saturated heterocycles. The molecule has 5 aromatic rings. The molecule has 0 spiro atoms. The number of hydrogen-bond acceptors (Lipinski definition) is 11. The predicted molar refractivity (Wildman–Crippen MR) is 260 cm³/mol. The van der Waals surface area contributed by atoms with Crippen molar-refractivity contribution < 1.29 is 28.7 Å². The molecule has 2 bridgehead atoms. The van der Waals surface area contributed by atoms with E-state index in [4.69, 9.17) is 14.8 Å². The largest absolute Gasteiger partial charge is 0.471 e. The highest BCUT2D eigenvalue weighted by Crippen LogP contribution is 2.58. The monoisotopic (exact) mass is 903 g/mol. The number of nitrogens with zero attached hydrogens (tertiary/aromatic N) is 4. The van der Waals surface area contributed by atoms with Crippen LogP contribution in [-0.4, -0.2) is 115 Å². The molecule has 2 aliphatic carbocycles. The minimum absolute atomic E-state index is 0.0231. The van der Waals surface area contributed by atoms with Gasteiger partial charge in [0.05, 0.1) is 62.2 Å². The van der Waals surface area contributed by atoms with Crippen LogP contribution in [0.25, 0.3) is 44.4 Å². The Hall–Kier alpha value is -5.70. The lowest BCUT2D eigenvalue weighted by Gasteiger charge is -2.23. The highest BCUT2D eigenvalue weighted by molar-refractivity contribution is 5.92. The number of benzene rings is 3. The van der Waals surface area contributed by atoms with Gasteiger partial charge in [0, 0.05) is 11.1 Å². The van der Waals surface area contributed by atoms with E-state index >= 15 is 0 Å². The van der Waals surface area contributed by atoms with Crippen LogP contribution in [0.15, 0.2) is 60.9 Å². The second-order valence-corrected chi connectivity index (χ2v) is 18.7. The van der Waals surface area contributed by atoms with Crippen molar-refractivity contribution in [3.8, 4) is 33.6 Å². The molecule has 1 saturated carbocycles. The van der Waals surface area contributed by atoms with Crippen LogP contribution < -0.4 is 10.6 Å². The van der Waals surface area contributed by atoms with Gasteiger partial charge >= 0.3 is 6.09 Å². The fourth-order valence-electron chi connectivity index (χ4n) is 10.0. The second kappa shape index (κ2) is 23.2. The molecule has 4 aliphatic rings. The molecule has 354 valence electrons. The normalized spacial score (nSPS) is 20.6. The number of carbonyl (C=O) groups is 4. The molecule has 2 aliphatic heterocycles. The number of imidazole rings is 2. The molecule has 14 heteroatoms. The lowest BCUT2D eigenvalue weighted by molar-refractivity contribution is -0.126. The zero-order chi connectivity index (χ0) is 47.5. The summed E-state index contributed by atoms with van der Waals surface area (Å²) in [4.78, 5) is 61.8. The average molecular weight is 903 g/mol. The Balaban J connectivity index is 0.000000260. The first kappa shape index (κ1) is 49.7. The smallest absolute Gasteiger partial charge is 0.407 e. The van der Waals surface area contributed by atoms with Crippen molar-refractivity contribution in [3.63, 3.8) is 0 Å². The van der Waals surface area contributed by atoms with E-state index in [1.807, 2.05) is 33.9 Å². The van der Waals surface area contributed by atoms with E-state index in [0.717, 1.165) is 36.7 Å². The molecular formula is C52H70N8O6. The van der Waals surface area contributed by atoms with Crippen LogP contribution in [0, 0.1) is 11.8 Å². The zero-order valence-corrected chi connectivity index (χ0v) is 40.2. The van der Waals surface area contributed by atoms with Gasteiger partial charge in [-0.05, 0) is 148 Å². The average Bonchev–Trinajstić information content (AvgIpc) is 4.20. The van der Waals surface area contributed by atoms with Crippen LogP contribution >= 0.6 is 0 Å². The minimum atomic E-state index is -0.573. The van der Waals surface area contributed by atoms with Gasteiger partial charge in [-0.2, -0.15) is 0 Å². The number of likely N-dealkylation sites (tertiary alicyclic amines) is 2. The van der Waals surface area contributed by atoms with Crippen molar-refractivity contribution in [2.75, 3.05) is 48.5 Å². The van der Waals surface area contributed by atoms with Crippen molar-refractivity contribution in [2.45, 2.75) is 109 Å². The molecule has 66 heavy (non-hydrogen) atoms. The number of ether oxygens (including phenoxy) is 2. The van der Waals surface area contributed by atoms with Crippen molar-refractivity contribution in [2.24, 2.45) is 11.8 Å². The number of H-pyrrole nitrogens is 2. The summed E-state index contributed by atoms with van der Waals surface area (Å²) in [6, 6.07) is 19.0. The van der Waals surface area contributed by atoms with Crippen LogP contribution in [0.1, 0.15) is 119 Å². The Morgan fingerprint density at radius 1 is 0.712 bits per heavy atom. The number of rotatable bonds is 12. The number of fused-ring (bicyclic) bond motifs is 6. The maximum Gasteiger partial charge on any atom is 0.407 e. The molecule has 3 aromatic carbocycles. The van der Waals surface area contributed by atoms with Crippen molar-refractivity contribution in [3.05, 3.63) is 83.7 Å². The quantitative estimate of drug-likeness (QED) is 0.0880. The minimum Gasteiger partial charge on any atom is -0.471 e. The van der Waals surface area contributed by atoms with Crippen LogP contribution in [0.3, 0.4) is 0 Å². The molecule has 9 rings (SSSR count). The molecule has 6 atom stereocenters. The number of methoxy groups -OCH3 is 2. The highest BCUT2D eigenvalue weighted by Gasteiger charge is 2.41. The number of amides is 1. The molecule has 4 heterocycles. The first-order chi connectivity index (χ1) is 31.8. The number of likely N-dealkylation sites (N-methyl/N-ethyl adjacent to an activating group) is 1. The van der Waals surface area contributed by atoms with Crippen molar-refractivity contribution in [1.82, 2.24) is 40.4 Å². The van der Waals surface area contributed by atoms with E-state index in [2.05, 4.69) is 109 Å². The molecular weight excluding hydrogens is 833 g/mol. The summed E-state index contributed by atoms with van der Waals surface area (Å²) < 4.78 is 8.18. The number of nitrogens with one attached hydrogen (secondary N) is 4. The third kappa shape index (κ3) is 11.4. The van der Waals surface area contributed by atoms with Crippen molar-refractivity contribution in [1.29, 1.82) is 0 Å². The summed E-state index contributed by atoms with van der Waals surface area (Å²) in [6.45, 7) is 10.4. The third-order valence-electron chi connectivity index (χ3n) is 13.8. The lowest BCUT2D eigenvalue weighted by atomic mass is 9.82. The van der Waals surface area contributed by atoms with E-state index in [0.29, 0.717) is 42.6 Å². The van der Waals surface area contributed by atoms with Crippen molar-refractivity contribution >= 4 is 35.9 Å². The van der Waals surface area contributed by atoms with E-state index in [-0.39, 0.29) is 12.0 Å². The summed E-state index contributed by atoms with van der Waals surface area (Å²) in [5, 5.41) is 7.83. The molecule has 4 N–H and O–H groups in total. The Kier molecular flexibility index (Phi) is 17.4. The second-order valence-electron chi connectivity index (χ2n) is 18.7. The van der Waals surface area contributed by atoms with E-state index in [9.17, 15) is 14.4 Å². The van der Waals surface area contributed by atoms with Gasteiger partial charge in [0.25, 0.3) is 6.47 Å². The van der Waals surface area contributed by atoms with Gasteiger partial charge in [-0.3, -0.25) is 14.6 Å². The van der Waals surface area contributed by atoms with Gasteiger partial charge < -0.3 is 39.7 Å². The summed E-state index contributed by atoms with van der Waals surface area (Å²) in [7, 11) is 8.78. The summed E-state index contributed by atoms with van der Waals surface area (Å²) in [5.41, 5.74) is 10.8. The van der Waals surface area contributed by atoms with Gasteiger partial charge in [0.2, 0.25) is 0 Å². The standard InChI is InChI=1S/C37H40N6.C7H13NO3.C6H13NO.C2H4O2/c1-42-15-3-5-32(42)36-38-20-30(40-36)25-10-8-22-17-24(9-7-23(22)18-25)28-13-14-29(35-27-12-11-26(19-27)34(28)35)31-21-39-37(41-31)33-6-4-16-43(33)2;1-5(2)6(4-9)8-7(10)11-3;1-5(2)6(4-8)7-3;1-4-2-3/h7-10,13-14,17-18,20-21,26-27,32-33H,3-6,11-12,15-16,19H2,1-2H3,(H,38,40)(H,39,41);4-6H,1-3H3,(H,8,10);4-7H,1-3H3;2H,1H3/t26?,27?,32?,33-;;6-;/m0.1./s1. The SMILES string of the molecule is CN1CCCC1c1ncc(-c2ccc3cc(-c4ccc(-c5cnc([C@@H]6CCCN6C)[nH]5)c5c4C4CCC5C4)ccc3c2)[nH]1.CN[C@H](C=O)C(C)C.COC(=O)NC(C=O)C(C)C.COC=O. The number of aldehydes is 2. The van der Waals surface area contributed by atoms with Gasteiger partial charge in [-0.25, -0.2) is 14.8 Å². The van der Waals surface area contributed by atoms with Gasteiger partial charge in [-0.1, -0.05) is 64.1 Å². The molecule has 2 aromatic heterocycles. The number of alkyl carbamates (subject to hydrolysis) is 1. The van der Waals surface area contributed by atoms with Crippen LogP contribution in [0.5, 0.6) is 0 Å². The number of aromatic amines is 2. The van der Waals surface area contributed by atoms with E-state index in [1.165, 1.54) is 97.9 Å². The lowest BCUT2D eigenvalue weighted by Crippen LogP contribution is -2.39. The molecule has 1 amide bonds. The summed E-state index contributed by atoms with van der Waals surface area (Å²) in [6.07, 6.45) is 13.9. The Bertz CT molecular complexity index is 2410. The van der Waals surface area contributed by atoms with E-state index < -0.39 is 12.1 Å². The number of hydrogen-bond donors (Lipinski definition) is 4. The number of carbonyl (C=O) groups excluding carboxylic acids is 4. The maximum absolute atomic E-state index is 10.6. The first-order valence-electron chi connectivity index (χ1n) is 23.5. The summed E-state index contributed by atoms with van der Waals surface area (Å²) >= 11 is 0. The van der Waals surface area contributed by atoms with Crippen LogP contribution in [0.4, 0.5) is 4.79 Å². The van der Waals surface area contributed by atoms with Crippen LogP contribution in [0.2, 0.25) is 0 Å². The zero-order valence-electron chi connectivity index (χ0n) is 40.2. The highest BCUT2D eigenvalue weighted by atomic mass is 16.5. The first-order valence-corrected chi connectivity index (χ1v) is 23.5. The topological polar surface area (TPSA) is 175 Å². The molecule has 4 unspecified atom stereocenters. The summed E-state index contributed by atoms with van der Waals surface area (Å²) in [5.74, 6) is 4.05. The molecule has 3 fully saturated rings. The van der Waals surface area contributed by atoms with E-state index in [1.54, 1.807) is 18.2 Å². The Morgan fingerprint density at radius 3 is 1.68 bits per heavy atom. The molecule has 14 nitrogen and oxygen atoms in total. The Labute approximate surface area is 390 Å². The third-order valence-corrected chi connectivity index (χ3v) is 13.8. The molecule has 0 radical (unpaired) electrons. The predicted octanol–water partition coefficient (Wildman–Crippen LogP) is 8.97. The Morgan fingerprint density at radius 2 is 1.21 bits per heavy atom.